The summed E-state index contributed by atoms with van der Waals surface area (Å²) in [7, 11) is 0. The van der Waals surface area contributed by atoms with Gasteiger partial charge in [-0.15, -0.1) is 0 Å². The number of hydrogen-bond donors (Lipinski definition) is 1. The monoisotopic (exact) mass is 344 g/mol. The fourth-order valence-corrected chi connectivity index (χ4v) is 3.55. The van der Waals surface area contributed by atoms with E-state index in [0.29, 0.717) is 13.1 Å². The molecule has 2 amide bonds. The molecule has 3 rings (SSSR count). The van der Waals surface area contributed by atoms with Crippen molar-refractivity contribution < 1.29 is 9.59 Å². The molecular weight excluding hydrogens is 316 g/mol. The average molecular weight is 344 g/mol. The number of amides is 2. The Morgan fingerprint density at radius 1 is 1.00 bits per heavy atom. The molecule has 0 spiro atoms. The van der Waals surface area contributed by atoms with Gasteiger partial charge in [-0.05, 0) is 31.9 Å². The number of piperazine rings is 1. The Bertz CT molecular complexity index is 624. The summed E-state index contributed by atoms with van der Waals surface area (Å²) in [5, 5.41) is 2.92. The molecule has 2 aliphatic heterocycles. The number of carbonyl (C=O) groups is 2. The fraction of sp³-hybridized carbons (Fsp3) is 0.579. The van der Waals surface area contributed by atoms with Crippen molar-refractivity contribution in [3.63, 3.8) is 0 Å². The molecule has 1 aromatic carbocycles. The van der Waals surface area contributed by atoms with Crippen LogP contribution in [0.25, 0.3) is 0 Å². The molecule has 0 saturated carbocycles. The van der Waals surface area contributed by atoms with Crippen LogP contribution in [0, 0.1) is 0 Å². The van der Waals surface area contributed by atoms with Gasteiger partial charge in [0.1, 0.15) is 0 Å². The zero-order valence-electron chi connectivity index (χ0n) is 15.2. The SMILES string of the molecule is CC(C)NC(=O)CN1CCN(CC(=O)N2CCc3ccccc32)CC1. The van der Waals surface area contributed by atoms with E-state index in [1.165, 1.54) is 5.56 Å². The molecule has 0 unspecified atom stereocenters. The van der Waals surface area contributed by atoms with Crippen LogP contribution in [-0.4, -0.2) is 73.5 Å². The van der Waals surface area contributed by atoms with Crippen molar-refractivity contribution in [1.29, 1.82) is 0 Å². The molecule has 136 valence electrons. The molecule has 0 radical (unpaired) electrons. The van der Waals surface area contributed by atoms with Gasteiger partial charge in [0.05, 0.1) is 13.1 Å². The largest absolute Gasteiger partial charge is 0.353 e. The standard InChI is InChI=1S/C19H28N4O2/c1-15(2)20-18(24)13-21-9-11-22(12-10-21)14-19(25)23-8-7-16-5-3-4-6-17(16)23/h3-6,15H,7-14H2,1-2H3,(H,20,24). The minimum atomic E-state index is 0.0770. The van der Waals surface area contributed by atoms with Gasteiger partial charge in [-0.25, -0.2) is 0 Å². The van der Waals surface area contributed by atoms with Crippen LogP contribution in [0.3, 0.4) is 0 Å². The first-order valence-corrected chi connectivity index (χ1v) is 9.15. The van der Waals surface area contributed by atoms with Gasteiger partial charge in [0, 0.05) is 44.5 Å². The maximum Gasteiger partial charge on any atom is 0.241 e. The highest BCUT2D eigenvalue weighted by Crippen LogP contribution is 2.27. The molecule has 1 fully saturated rings. The van der Waals surface area contributed by atoms with E-state index in [0.717, 1.165) is 44.8 Å². The number of carbonyl (C=O) groups excluding carboxylic acids is 2. The molecule has 6 nitrogen and oxygen atoms in total. The number of benzene rings is 1. The molecule has 0 bridgehead atoms. The third-order valence-corrected chi connectivity index (χ3v) is 4.83. The van der Waals surface area contributed by atoms with Crippen LogP contribution in [0.2, 0.25) is 0 Å². The first-order chi connectivity index (χ1) is 12.0. The lowest BCUT2D eigenvalue weighted by Gasteiger charge is -2.34. The number of nitrogens with zero attached hydrogens (tertiary/aromatic N) is 3. The molecule has 6 heteroatoms. The third-order valence-electron chi connectivity index (χ3n) is 4.83. The van der Waals surface area contributed by atoms with Crippen LogP contribution in [0.5, 0.6) is 0 Å². The van der Waals surface area contributed by atoms with Crippen molar-refractivity contribution >= 4 is 17.5 Å². The predicted molar refractivity (Wildman–Crippen MR) is 98.7 cm³/mol. The molecule has 1 aromatic rings. The van der Waals surface area contributed by atoms with Crippen LogP contribution < -0.4 is 10.2 Å². The summed E-state index contributed by atoms with van der Waals surface area (Å²) in [6, 6.07) is 8.33. The number of hydrogen-bond acceptors (Lipinski definition) is 4. The number of rotatable bonds is 5. The summed E-state index contributed by atoms with van der Waals surface area (Å²) >= 11 is 0. The van der Waals surface area contributed by atoms with Crippen LogP contribution in [0.1, 0.15) is 19.4 Å². The maximum atomic E-state index is 12.7. The molecule has 25 heavy (non-hydrogen) atoms. The van der Waals surface area contributed by atoms with Crippen molar-refractivity contribution in [3.8, 4) is 0 Å². The normalized spacial score (nSPS) is 18.4. The minimum Gasteiger partial charge on any atom is -0.353 e. The van der Waals surface area contributed by atoms with E-state index in [1.54, 1.807) is 0 Å². The zero-order valence-corrected chi connectivity index (χ0v) is 15.2. The molecule has 0 atom stereocenters. The number of nitrogens with one attached hydrogen (secondary N) is 1. The molecule has 2 aliphatic rings. The molecule has 0 aliphatic carbocycles. The number of anilines is 1. The predicted octanol–water partition coefficient (Wildman–Crippen LogP) is 0.718. The van der Waals surface area contributed by atoms with Crippen LogP contribution in [0.15, 0.2) is 24.3 Å². The third kappa shape index (κ3) is 4.58. The van der Waals surface area contributed by atoms with Crippen molar-refractivity contribution in [3.05, 3.63) is 29.8 Å². The first kappa shape index (κ1) is 17.9. The smallest absolute Gasteiger partial charge is 0.241 e. The lowest BCUT2D eigenvalue weighted by molar-refractivity contribution is -0.124. The van der Waals surface area contributed by atoms with Gasteiger partial charge in [-0.2, -0.15) is 0 Å². The van der Waals surface area contributed by atoms with E-state index in [2.05, 4.69) is 21.2 Å². The zero-order chi connectivity index (χ0) is 17.8. The van der Waals surface area contributed by atoms with Crippen molar-refractivity contribution in [1.82, 2.24) is 15.1 Å². The van der Waals surface area contributed by atoms with Gasteiger partial charge in [0.2, 0.25) is 11.8 Å². The Kier molecular flexibility index (Phi) is 5.71. The second-order valence-corrected chi connectivity index (χ2v) is 7.20. The highest BCUT2D eigenvalue weighted by Gasteiger charge is 2.27. The Labute approximate surface area is 149 Å². The lowest BCUT2D eigenvalue weighted by atomic mass is 10.2. The second-order valence-electron chi connectivity index (χ2n) is 7.20. The minimum absolute atomic E-state index is 0.0770. The number of para-hydroxylation sites is 1. The fourth-order valence-electron chi connectivity index (χ4n) is 3.55. The topological polar surface area (TPSA) is 55.9 Å². The molecule has 0 aromatic heterocycles. The van der Waals surface area contributed by atoms with E-state index in [9.17, 15) is 9.59 Å². The van der Waals surface area contributed by atoms with E-state index in [-0.39, 0.29) is 17.9 Å². The Morgan fingerprint density at radius 3 is 2.32 bits per heavy atom. The summed E-state index contributed by atoms with van der Waals surface area (Å²) in [6.45, 7) is 8.94. The Morgan fingerprint density at radius 2 is 1.64 bits per heavy atom. The van der Waals surface area contributed by atoms with E-state index >= 15 is 0 Å². The molecule has 1 N–H and O–H groups in total. The van der Waals surface area contributed by atoms with Crippen molar-refractivity contribution in [2.45, 2.75) is 26.3 Å². The highest BCUT2D eigenvalue weighted by molar-refractivity contribution is 5.96. The van der Waals surface area contributed by atoms with Crippen LogP contribution in [0.4, 0.5) is 5.69 Å². The van der Waals surface area contributed by atoms with Gasteiger partial charge in [-0.1, -0.05) is 18.2 Å². The van der Waals surface area contributed by atoms with Crippen molar-refractivity contribution in [2.24, 2.45) is 0 Å². The van der Waals surface area contributed by atoms with Gasteiger partial charge in [0.15, 0.2) is 0 Å². The van der Waals surface area contributed by atoms with Crippen molar-refractivity contribution in [2.75, 3.05) is 50.7 Å². The molecule has 1 saturated heterocycles. The van der Waals surface area contributed by atoms with E-state index in [1.807, 2.05) is 36.9 Å². The molecule has 2 heterocycles. The van der Waals surface area contributed by atoms with Gasteiger partial charge in [-0.3, -0.25) is 19.4 Å². The van der Waals surface area contributed by atoms with E-state index in [4.69, 9.17) is 0 Å². The maximum absolute atomic E-state index is 12.7. The summed E-state index contributed by atoms with van der Waals surface area (Å²) < 4.78 is 0. The van der Waals surface area contributed by atoms with Gasteiger partial charge >= 0.3 is 0 Å². The lowest BCUT2D eigenvalue weighted by Crippen LogP contribution is -2.52. The van der Waals surface area contributed by atoms with E-state index < -0.39 is 0 Å². The quantitative estimate of drug-likeness (QED) is 0.855. The van der Waals surface area contributed by atoms with Gasteiger partial charge in [0.25, 0.3) is 0 Å². The average Bonchev–Trinajstić information content (AvgIpc) is 3.00. The molecular formula is C19H28N4O2. The van der Waals surface area contributed by atoms with Crippen LogP contribution >= 0.6 is 0 Å². The second kappa shape index (κ2) is 7.97. The summed E-state index contributed by atoms with van der Waals surface area (Å²) in [5.41, 5.74) is 2.33. The highest BCUT2D eigenvalue weighted by atomic mass is 16.2. The Hall–Kier alpha value is -1.92. The Balaban J connectivity index is 1.45. The first-order valence-electron chi connectivity index (χ1n) is 9.15. The summed E-state index contributed by atoms with van der Waals surface area (Å²) in [4.78, 5) is 30.8. The van der Waals surface area contributed by atoms with Crippen LogP contribution in [-0.2, 0) is 16.0 Å². The number of fused-ring (bicyclic) bond motifs is 1. The summed E-state index contributed by atoms with van der Waals surface area (Å²) in [6.07, 6.45) is 0.945. The van der Waals surface area contributed by atoms with Gasteiger partial charge < -0.3 is 10.2 Å². The summed E-state index contributed by atoms with van der Waals surface area (Å²) in [5.74, 6) is 0.254.